The second kappa shape index (κ2) is 7.63. The largest absolute Gasteiger partial charge is 0.466 e. The van der Waals surface area contributed by atoms with Crippen molar-refractivity contribution < 1.29 is 46.0 Å². The van der Waals surface area contributed by atoms with E-state index in [1.807, 2.05) is 0 Å². The van der Waals surface area contributed by atoms with Crippen LogP contribution in [0.25, 0.3) is 0 Å². The van der Waals surface area contributed by atoms with Gasteiger partial charge in [-0.15, -0.1) is 0 Å². The summed E-state index contributed by atoms with van der Waals surface area (Å²) in [7, 11) is -4.64. The summed E-state index contributed by atoms with van der Waals surface area (Å²) in [6.07, 6.45) is -4.64. The molecule has 22 heavy (non-hydrogen) atoms. The summed E-state index contributed by atoms with van der Waals surface area (Å²) in [5.41, 5.74) is -0.763. The molecular weight excluding hydrogens is 340 g/mol. The minimum Gasteiger partial charge on any atom is -0.340 e. The predicted molar refractivity (Wildman–Crippen MR) is 63.6 cm³/mol. The molecule has 0 unspecified atom stereocenters. The van der Waals surface area contributed by atoms with E-state index in [0.717, 1.165) is 6.07 Å². The summed E-state index contributed by atoms with van der Waals surface area (Å²) < 4.78 is 71.0. The Morgan fingerprint density at radius 3 is 2.09 bits per heavy atom. The number of nitrogens with one attached hydrogen (secondary N) is 1. The summed E-state index contributed by atoms with van der Waals surface area (Å²) in [4.78, 5) is 32.8. The second-order valence-corrected chi connectivity index (χ2v) is 4.90. The molecule has 1 aromatic carbocycles. The van der Waals surface area contributed by atoms with E-state index in [0.29, 0.717) is 19.1 Å². The quantitative estimate of drug-likeness (QED) is 0.479. The van der Waals surface area contributed by atoms with E-state index >= 15 is 0 Å². The van der Waals surface area contributed by atoms with Crippen molar-refractivity contribution in [3.63, 3.8) is 0 Å². The van der Waals surface area contributed by atoms with E-state index in [4.69, 9.17) is 19.2 Å². The molecule has 0 bridgehead atoms. The monoisotopic (exact) mass is 351 g/mol. The summed E-state index contributed by atoms with van der Waals surface area (Å²) >= 11 is 0. The van der Waals surface area contributed by atoms with Crippen molar-refractivity contribution in [3.05, 3.63) is 35.4 Å². The maximum Gasteiger partial charge on any atom is 0.466 e. The molecule has 6 nitrogen and oxygen atoms in total. The fraction of sp³-hybridized carbons (Fsp3) is 0.300. The molecule has 1 aromatic rings. The first kappa shape index (κ1) is 20.5. The molecule has 0 saturated carbocycles. The highest BCUT2D eigenvalue weighted by molar-refractivity contribution is 7.45. The molecule has 0 spiro atoms. The number of amides is 1. The van der Waals surface area contributed by atoms with Crippen LogP contribution in [0.2, 0.25) is 0 Å². The standard InChI is InChI=1S/C10H8F5NO.H3O4P/c1-5(10(13,14)15)16-9(17)7-4-6(11)2-3-8(7)12;1-5(2,3)4/h2-5H,1H3,(H,16,17);(H3,1,2,3,4)/t5-;/m0./s1. The van der Waals surface area contributed by atoms with Crippen molar-refractivity contribution in [2.24, 2.45) is 0 Å². The Morgan fingerprint density at radius 2 is 1.68 bits per heavy atom. The molecule has 0 aliphatic heterocycles. The first-order valence-electron chi connectivity index (χ1n) is 5.32. The van der Waals surface area contributed by atoms with E-state index in [2.05, 4.69) is 0 Å². The predicted octanol–water partition coefficient (Wildman–Crippen LogP) is 1.72. The lowest BCUT2D eigenvalue weighted by Gasteiger charge is -2.17. The molecule has 1 amide bonds. The van der Waals surface area contributed by atoms with Gasteiger partial charge in [0.25, 0.3) is 5.91 Å². The third-order valence-corrected chi connectivity index (χ3v) is 2.01. The molecule has 0 aromatic heterocycles. The zero-order valence-corrected chi connectivity index (χ0v) is 11.7. The molecule has 0 fully saturated rings. The molecule has 0 radical (unpaired) electrons. The maximum atomic E-state index is 13.1. The Kier molecular flexibility index (Phi) is 7.10. The van der Waals surface area contributed by atoms with E-state index in [1.165, 1.54) is 5.32 Å². The van der Waals surface area contributed by atoms with Gasteiger partial charge in [-0.05, 0) is 25.1 Å². The van der Waals surface area contributed by atoms with Crippen LogP contribution in [0.1, 0.15) is 17.3 Å². The topological polar surface area (TPSA) is 107 Å². The zero-order chi connectivity index (χ0) is 17.7. The van der Waals surface area contributed by atoms with Gasteiger partial charge in [0.15, 0.2) is 0 Å². The summed E-state index contributed by atoms with van der Waals surface area (Å²) in [5, 5.41) is 1.53. The molecular formula is C10H11F5NO5P. The lowest BCUT2D eigenvalue weighted by atomic mass is 10.2. The van der Waals surface area contributed by atoms with Gasteiger partial charge in [0.1, 0.15) is 17.7 Å². The Bertz CT molecular complexity index is 565. The van der Waals surface area contributed by atoms with Gasteiger partial charge in [-0.2, -0.15) is 13.2 Å². The first-order valence-corrected chi connectivity index (χ1v) is 6.89. The number of halogens is 5. The van der Waals surface area contributed by atoms with Crippen molar-refractivity contribution in [1.82, 2.24) is 5.32 Å². The van der Waals surface area contributed by atoms with Crippen LogP contribution in [0, 0.1) is 11.6 Å². The minimum absolute atomic E-state index is 0.535. The smallest absolute Gasteiger partial charge is 0.340 e. The van der Waals surface area contributed by atoms with Crippen molar-refractivity contribution in [1.29, 1.82) is 0 Å². The van der Waals surface area contributed by atoms with Gasteiger partial charge >= 0.3 is 14.0 Å². The molecule has 12 heteroatoms. The molecule has 0 aliphatic rings. The zero-order valence-electron chi connectivity index (χ0n) is 10.8. The van der Waals surface area contributed by atoms with E-state index in [1.54, 1.807) is 0 Å². The highest BCUT2D eigenvalue weighted by Crippen LogP contribution is 2.25. The van der Waals surface area contributed by atoms with Crippen LogP contribution in [-0.4, -0.2) is 32.8 Å². The van der Waals surface area contributed by atoms with Crippen molar-refractivity contribution in [2.75, 3.05) is 0 Å². The van der Waals surface area contributed by atoms with E-state index in [9.17, 15) is 26.7 Å². The number of rotatable bonds is 2. The van der Waals surface area contributed by atoms with Gasteiger partial charge in [-0.3, -0.25) is 4.79 Å². The van der Waals surface area contributed by atoms with E-state index < -0.39 is 43.1 Å². The first-order chi connectivity index (χ1) is 9.71. The van der Waals surface area contributed by atoms with Crippen molar-refractivity contribution in [3.8, 4) is 0 Å². The fourth-order valence-corrected chi connectivity index (χ4v) is 1.03. The SMILES string of the molecule is C[C@H](NC(=O)c1cc(F)ccc1F)C(F)(F)F.O=P(O)(O)O. The molecule has 0 heterocycles. The van der Waals surface area contributed by atoms with Gasteiger partial charge in [0.05, 0.1) is 5.56 Å². The Labute approximate surface area is 120 Å². The fourth-order valence-electron chi connectivity index (χ4n) is 1.03. The summed E-state index contributed by atoms with van der Waals surface area (Å²) in [6, 6.07) is -0.173. The third-order valence-electron chi connectivity index (χ3n) is 2.01. The number of carbonyl (C=O) groups is 1. The average Bonchev–Trinajstić information content (AvgIpc) is 2.28. The van der Waals surface area contributed by atoms with Crippen LogP contribution in [0.5, 0.6) is 0 Å². The molecule has 0 saturated heterocycles. The number of hydrogen-bond acceptors (Lipinski definition) is 2. The Balaban J connectivity index is 0.000000763. The van der Waals surface area contributed by atoms with Crippen LogP contribution >= 0.6 is 7.82 Å². The summed E-state index contributed by atoms with van der Waals surface area (Å²) in [5.74, 6) is -3.30. The Morgan fingerprint density at radius 1 is 1.23 bits per heavy atom. The number of carbonyl (C=O) groups excluding carboxylic acids is 1. The summed E-state index contributed by atoms with van der Waals surface area (Å²) in [6.45, 7) is 0.703. The van der Waals surface area contributed by atoms with Gasteiger partial charge in [0.2, 0.25) is 0 Å². The number of hydrogen-bond donors (Lipinski definition) is 4. The van der Waals surface area contributed by atoms with Crippen LogP contribution < -0.4 is 5.32 Å². The molecule has 1 rings (SSSR count). The number of benzene rings is 1. The number of alkyl halides is 3. The van der Waals surface area contributed by atoms with E-state index in [-0.39, 0.29) is 0 Å². The number of phosphoric acid groups is 1. The maximum absolute atomic E-state index is 13.1. The van der Waals surface area contributed by atoms with Gasteiger partial charge in [-0.1, -0.05) is 0 Å². The average molecular weight is 351 g/mol. The van der Waals surface area contributed by atoms with Crippen LogP contribution in [0.4, 0.5) is 22.0 Å². The Hall–Kier alpha value is -1.55. The molecule has 1 atom stereocenters. The highest BCUT2D eigenvalue weighted by atomic mass is 31.2. The van der Waals surface area contributed by atoms with Crippen LogP contribution in [-0.2, 0) is 4.57 Å². The van der Waals surface area contributed by atoms with Gasteiger partial charge < -0.3 is 20.0 Å². The van der Waals surface area contributed by atoms with Crippen LogP contribution in [0.15, 0.2) is 18.2 Å². The lowest BCUT2D eigenvalue weighted by Crippen LogP contribution is -2.43. The lowest BCUT2D eigenvalue weighted by molar-refractivity contribution is -0.149. The normalized spacial score (nSPS) is 13.0. The molecule has 0 aliphatic carbocycles. The van der Waals surface area contributed by atoms with Crippen molar-refractivity contribution >= 4 is 13.7 Å². The molecule has 4 N–H and O–H groups in total. The van der Waals surface area contributed by atoms with Gasteiger partial charge in [-0.25, -0.2) is 13.3 Å². The highest BCUT2D eigenvalue weighted by Gasteiger charge is 2.37. The van der Waals surface area contributed by atoms with Crippen molar-refractivity contribution in [2.45, 2.75) is 19.1 Å². The molecule has 126 valence electrons. The second-order valence-electron chi connectivity index (χ2n) is 3.87. The van der Waals surface area contributed by atoms with Gasteiger partial charge in [0, 0.05) is 0 Å². The van der Waals surface area contributed by atoms with Crippen LogP contribution in [0.3, 0.4) is 0 Å². The third kappa shape index (κ3) is 8.67. The minimum atomic E-state index is -4.64.